The highest BCUT2D eigenvalue weighted by molar-refractivity contribution is 6.76. The van der Waals surface area contributed by atoms with Crippen molar-refractivity contribution in [2.24, 2.45) is 5.73 Å². The van der Waals surface area contributed by atoms with Crippen LogP contribution in [0.15, 0.2) is 0 Å². The molecule has 0 amide bonds. The van der Waals surface area contributed by atoms with Gasteiger partial charge < -0.3 is 44.7 Å². The van der Waals surface area contributed by atoms with E-state index in [0.29, 0.717) is 0 Å². The molecule has 35 heavy (non-hydrogen) atoms. The average molecular weight is 536 g/mol. The highest BCUT2D eigenvalue weighted by Gasteiger charge is 2.56. The normalized spacial score (nSPS) is 31.8. The fourth-order valence-corrected chi connectivity index (χ4v) is 4.04. The third-order valence-corrected chi connectivity index (χ3v) is 7.01. The second-order valence-electron chi connectivity index (χ2n) is 10.00. The molecular weight excluding hydrogens is 499 g/mol. The van der Waals surface area contributed by atoms with E-state index >= 15 is 0 Å². The van der Waals surface area contributed by atoms with Crippen LogP contribution in [0, 0.1) is 0 Å². The number of carbonyl (C=O) groups is 2. The number of carboxylic acid groups (broad SMARTS) is 1. The summed E-state index contributed by atoms with van der Waals surface area (Å²) in [5.41, 5.74) is 6.09. The number of carbonyl (C=O) groups excluding carboxylic acids is 1. The molecule has 0 unspecified atom stereocenters. The Morgan fingerprint density at radius 2 is 1.77 bits per heavy atom. The first kappa shape index (κ1) is 31.7. The van der Waals surface area contributed by atoms with Crippen molar-refractivity contribution in [2.75, 3.05) is 20.3 Å². The number of nitrogens with two attached hydrogens (primary N) is 1. The zero-order valence-electron chi connectivity index (χ0n) is 20.6. The van der Waals surface area contributed by atoms with Crippen LogP contribution < -0.4 is 5.73 Å². The maximum absolute atomic E-state index is 12.5. The summed E-state index contributed by atoms with van der Waals surface area (Å²) in [4.78, 5) is 21.4. The van der Waals surface area contributed by atoms with E-state index in [1.54, 1.807) is 13.8 Å². The van der Waals surface area contributed by atoms with Crippen LogP contribution in [0.3, 0.4) is 0 Å². The van der Waals surface area contributed by atoms with Gasteiger partial charge in [-0.05, 0) is 19.9 Å². The van der Waals surface area contributed by atoms with Gasteiger partial charge in [-0.3, -0.25) is 0 Å². The van der Waals surface area contributed by atoms with Crippen molar-refractivity contribution in [3.63, 3.8) is 0 Å². The molecule has 0 saturated carbocycles. The Labute approximate surface area is 202 Å². The fourth-order valence-electron chi connectivity index (χ4n) is 3.33. The Bertz CT molecular complexity index is 733. The minimum absolute atomic E-state index is 0.137. The van der Waals surface area contributed by atoms with Gasteiger partial charge in [-0.15, -0.1) is 0 Å². The van der Waals surface area contributed by atoms with Crippen molar-refractivity contribution in [3.8, 4) is 0 Å². The first-order valence-corrected chi connectivity index (χ1v) is 14.6. The number of alkyl halides is 3. The molecule has 0 aromatic carbocycles. The Hall–Kier alpha value is -1.33. The lowest BCUT2D eigenvalue weighted by Gasteiger charge is -2.46. The number of carboxylic acids is 1. The molecule has 0 aromatic rings. The predicted molar refractivity (Wildman–Crippen MR) is 117 cm³/mol. The molecule has 11 nitrogen and oxygen atoms in total. The molecule has 2 aliphatic heterocycles. The summed E-state index contributed by atoms with van der Waals surface area (Å²) in [6.45, 7) is 10.4. The van der Waals surface area contributed by atoms with Crippen molar-refractivity contribution >= 4 is 20.0 Å². The maximum Gasteiger partial charge on any atom is 0.490 e. The lowest BCUT2D eigenvalue weighted by Crippen LogP contribution is -2.66. The highest BCUT2D eigenvalue weighted by atomic mass is 28.3. The van der Waals surface area contributed by atoms with Gasteiger partial charge in [0.15, 0.2) is 5.79 Å². The van der Waals surface area contributed by atoms with E-state index in [1.165, 1.54) is 7.11 Å². The zero-order valence-corrected chi connectivity index (χ0v) is 21.6. The molecule has 2 rings (SSSR count). The molecule has 0 aromatic heterocycles. The first-order valence-electron chi connectivity index (χ1n) is 10.9. The molecule has 0 bridgehead atoms. The quantitative estimate of drug-likeness (QED) is 0.269. The van der Waals surface area contributed by atoms with Crippen molar-refractivity contribution in [1.82, 2.24) is 0 Å². The van der Waals surface area contributed by atoms with Crippen LogP contribution in [0.4, 0.5) is 13.2 Å². The van der Waals surface area contributed by atoms with E-state index in [2.05, 4.69) is 19.6 Å². The van der Waals surface area contributed by atoms with E-state index in [1.807, 2.05) is 0 Å². The highest BCUT2D eigenvalue weighted by Crippen LogP contribution is 2.36. The van der Waals surface area contributed by atoms with Gasteiger partial charge in [0, 0.05) is 21.1 Å². The van der Waals surface area contributed by atoms with E-state index in [0.717, 1.165) is 6.04 Å². The summed E-state index contributed by atoms with van der Waals surface area (Å²) >= 11 is 0. The van der Waals surface area contributed by atoms with Crippen molar-refractivity contribution in [1.29, 1.82) is 0 Å². The average Bonchev–Trinajstić information content (AvgIpc) is 3.07. The number of rotatable bonds is 7. The number of hydrogen-bond acceptors (Lipinski definition) is 10. The molecule has 2 saturated heterocycles. The summed E-state index contributed by atoms with van der Waals surface area (Å²) < 4.78 is 59.5. The first-order chi connectivity index (χ1) is 15.7. The molecule has 0 aliphatic carbocycles. The summed E-state index contributed by atoms with van der Waals surface area (Å²) in [5.74, 6) is -6.21. The topological polar surface area (TPSA) is 167 Å². The third-order valence-electron chi connectivity index (χ3n) is 5.30. The van der Waals surface area contributed by atoms with Crippen LogP contribution in [0.25, 0.3) is 0 Å². The Morgan fingerprint density at radius 3 is 2.17 bits per heavy atom. The number of ether oxygens (including phenoxy) is 5. The van der Waals surface area contributed by atoms with Crippen LogP contribution in [-0.2, 0) is 33.3 Å². The van der Waals surface area contributed by atoms with E-state index in [4.69, 9.17) is 39.3 Å². The molecule has 5 N–H and O–H groups in total. The SMILES string of the molecule is COC(=O)[C@@]1(OCC[Si](C)(C)C)C[C@H](O)[C@@H](N)[C@H]([C@H](O)[C@H]2COC(C)(C)O2)O1.O=C(O)C(F)(F)F. The van der Waals surface area contributed by atoms with E-state index in [-0.39, 0.29) is 19.6 Å². The van der Waals surface area contributed by atoms with E-state index in [9.17, 15) is 28.2 Å². The lowest BCUT2D eigenvalue weighted by molar-refractivity contribution is -0.309. The summed E-state index contributed by atoms with van der Waals surface area (Å²) in [5, 5.41) is 28.5. The number of hydrogen-bond donors (Lipinski definition) is 4. The van der Waals surface area contributed by atoms with Gasteiger partial charge in [0.25, 0.3) is 5.79 Å². The molecule has 2 fully saturated rings. The number of halogens is 3. The van der Waals surface area contributed by atoms with Crippen molar-refractivity contribution in [2.45, 2.75) is 94.2 Å². The van der Waals surface area contributed by atoms with E-state index < -0.39 is 68.2 Å². The van der Waals surface area contributed by atoms with Gasteiger partial charge in [-0.25, -0.2) is 9.59 Å². The predicted octanol–water partition coefficient (Wildman–Crippen LogP) is 0.833. The fraction of sp³-hybridized carbons (Fsp3) is 0.900. The molecule has 6 atom stereocenters. The van der Waals surface area contributed by atoms with Crippen LogP contribution in [0.1, 0.15) is 20.3 Å². The van der Waals surface area contributed by atoms with Gasteiger partial charge in [0.05, 0.1) is 25.9 Å². The van der Waals surface area contributed by atoms with Crippen LogP contribution in [0.2, 0.25) is 25.7 Å². The van der Waals surface area contributed by atoms with Gasteiger partial charge in [-0.2, -0.15) is 13.2 Å². The standard InChI is InChI=1S/C18H35NO8Si.C2HF3O2/c1-17(2)25-10-12(26-17)14(21)15-13(19)11(20)9-18(27-15,16(22)23-3)24-7-8-28(4,5)6;3-2(4,5)1(6)7/h11-15,20-21H,7-10,19H2,1-6H3;(H,6,7)/t11-,12+,13+,14+,15+,18+;/m0./s1. The van der Waals surface area contributed by atoms with Crippen LogP contribution >= 0.6 is 0 Å². The Balaban J connectivity index is 0.000000762. The van der Waals surface area contributed by atoms with Crippen LogP contribution in [-0.4, -0.2) is 104 Å². The van der Waals surface area contributed by atoms with Gasteiger partial charge in [0.1, 0.15) is 18.3 Å². The zero-order chi connectivity index (χ0) is 27.4. The summed E-state index contributed by atoms with van der Waals surface area (Å²) in [6, 6.07) is -0.140. The monoisotopic (exact) mass is 535 g/mol. The van der Waals surface area contributed by atoms with Crippen molar-refractivity contribution < 1.29 is 61.8 Å². The van der Waals surface area contributed by atoms with Gasteiger partial charge in [0.2, 0.25) is 0 Å². The number of aliphatic hydroxyl groups excluding tert-OH is 2. The summed E-state index contributed by atoms with van der Waals surface area (Å²) in [7, 11) is -0.212. The second-order valence-corrected chi connectivity index (χ2v) is 15.6. The summed E-state index contributed by atoms with van der Waals surface area (Å²) in [6.07, 6.45) is -9.43. The molecule has 2 aliphatic rings. The van der Waals surface area contributed by atoms with Gasteiger partial charge >= 0.3 is 18.1 Å². The third kappa shape index (κ3) is 9.24. The Kier molecular flexibility index (Phi) is 10.7. The Morgan fingerprint density at radius 1 is 1.23 bits per heavy atom. The molecule has 0 radical (unpaired) electrons. The molecule has 15 heteroatoms. The molecule has 0 spiro atoms. The molecule has 206 valence electrons. The number of esters is 1. The number of aliphatic hydroxyl groups is 2. The lowest BCUT2D eigenvalue weighted by atomic mass is 9.89. The number of methoxy groups -OCH3 is 1. The minimum atomic E-state index is -5.08. The number of aliphatic carboxylic acids is 1. The maximum atomic E-state index is 12.5. The minimum Gasteiger partial charge on any atom is -0.475 e. The largest absolute Gasteiger partial charge is 0.490 e. The van der Waals surface area contributed by atoms with Crippen molar-refractivity contribution in [3.05, 3.63) is 0 Å². The van der Waals surface area contributed by atoms with Crippen LogP contribution in [0.5, 0.6) is 0 Å². The molecule has 2 heterocycles. The smallest absolute Gasteiger partial charge is 0.475 e. The second kappa shape index (κ2) is 11.8. The van der Waals surface area contributed by atoms with Gasteiger partial charge in [-0.1, -0.05) is 19.6 Å². The molecular formula is C20H36F3NO10Si.